The molecule has 0 heterocycles. The van der Waals surface area contributed by atoms with Crippen LogP contribution in [0.1, 0.15) is 0 Å². The molecule has 0 atom stereocenters. The van der Waals surface area contributed by atoms with Gasteiger partial charge < -0.3 is 0 Å². The first kappa shape index (κ1) is 8.89. The van der Waals surface area contributed by atoms with Crippen molar-refractivity contribution < 1.29 is 28.6 Å². The van der Waals surface area contributed by atoms with Crippen LogP contribution in [0.5, 0.6) is 0 Å². The van der Waals surface area contributed by atoms with E-state index in [1.807, 2.05) is 0 Å². The molecule has 0 saturated heterocycles. The Bertz CT molecular complexity index is 27.0. The first-order chi connectivity index (χ1) is 1.41. The Morgan fingerprint density at radius 3 is 1.25 bits per heavy atom. The van der Waals surface area contributed by atoms with Gasteiger partial charge in [0, 0.05) is 17.4 Å². The van der Waals surface area contributed by atoms with Gasteiger partial charge in [-0.05, 0) is 0 Å². The molecule has 3 radical (unpaired) electrons. The molecule has 0 unspecified atom stereocenters. The molecule has 4 heteroatoms. The van der Waals surface area contributed by atoms with Crippen molar-refractivity contribution in [3.8, 4) is 0 Å². The maximum atomic E-state index is 8.57. The van der Waals surface area contributed by atoms with Crippen molar-refractivity contribution in [2.45, 2.75) is 0 Å². The Balaban J connectivity index is 0. The maximum absolute atomic E-state index is 8.57. The zero-order valence-corrected chi connectivity index (χ0v) is 6.64. The quantitative estimate of drug-likeness (QED) is 0.526. The van der Waals surface area contributed by atoms with E-state index < -0.39 is 22.9 Å². The zero-order chi connectivity index (χ0) is 2.71. The van der Waals surface area contributed by atoms with Crippen molar-refractivity contribution in [2.75, 3.05) is 0 Å². The molecule has 0 aliphatic rings. The standard InChI is InChI=1S/Al.Hf.2O. The second-order valence-corrected chi connectivity index (χ2v) is 0.682. The summed E-state index contributed by atoms with van der Waals surface area (Å²) in [5.74, 6) is 0. The topological polar surface area (TPSA) is 34.1 Å². The van der Waals surface area contributed by atoms with Crippen LogP contribution in [0.2, 0.25) is 0 Å². The molecule has 0 fully saturated rings. The zero-order valence-electron chi connectivity index (χ0n) is 1.89. The van der Waals surface area contributed by atoms with Gasteiger partial charge in [0.25, 0.3) is 0 Å². The van der Waals surface area contributed by atoms with E-state index in [1.165, 1.54) is 0 Å². The molecule has 0 N–H and O–H groups in total. The monoisotopic (exact) mass is 239 g/mol. The van der Waals surface area contributed by atoms with Crippen LogP contribution in [0.25, 0.3) is 0 Å². The van der Waals surface area contributed by atoms with Crippen molar-refractivity contribution in [3.63, 3.8) is 0 Å². The summed E-state index contributed by atoms with van der Waals surface area (Å²) in [6.07, 6.45) is 0. The van der Waals surface area contributed by atoms with Gasteiger partial charge in [0.1, 0.15) is 0 Å². The van der Waals surface area contributed by atoms with Crippen molar-refractivity contribution >= 4 is 17.4 Å². The van der Waals surface area contributed by atoms with Crippen LogP contribution in [0.3, 0.4) is 0 Å². The van der Waals surface area contributed by atoms with Crippen LogP contribution in [0.15, 0.2) is 0 Å². The van der Waals surface area contributed by atoms with E-state index in [2.05, 4.69) is 0 Å². The predicted molar refractivity (Wildman–Crippen MR) is 7.13 cm³/mol. The molecule has 19 valence electrons. The van der Waals surface area contributed by atoms with E-state index in [-0.39, 0.29) is 17.4 Å². The van der Waals surface area contributed by atoms with Crippen LogP contribution >= 0.6 is 0 Å². The minimum atomic E-state index is -2.42. The Hall–Kier alpha value is 1.00. The van der Waals surface area contributed by atoms with E-state index in [4.69, 9.17) is 5.71 Å². The summed E-state index contributed by atoms with van der Waals surface area (Å²) in [7, 11) is 0. The molecule has 0 aromatic rings. The average molecular weight is 237 g/mol. The van der Waals surface area contributed by atoms with E-state index in [9.17, 15) is 0 Å². The van der Waals surface area contributed by atoms with Crippen LogP contribution in [-0.4, -0.2) is 17.4 Å². The second kappa shape index (κ2) is 9.00. The van der Waals surface area contributed by atoms with Crippen molar-refractivity contribution in [2.24, 2.45) is 0 Å². The second-order valence-electron chi connectivity index (χ2n) is 0.0833. The molecular formula is AlHfO2. The van der Waals surface area contributed by atoms with Crippen molar-refractivity contribution in [1.29, 1.82) is 0 Å². The molecule has 0 spiro atoms. The van der Waals surface area contributed by atoms with Gasteiger partial charge in [-0.3, -0.25) is 0 Å². The van der Waals surface area contributed by atoms with Gasteiger partial charge in [0.15, 0.2) is 0 Å². The molecule has 2 nitrogen and oxygen atoms in total. The summed E-state index contributed by atoms with van der Waals surface area (Å²) in [4.78, 5) is 0. The molecule has 0 aromatic carbocycles. The van der Waals surface area contributed by atoms with E-state index in [1.54, 1.807) is 0 Å². The first-order valence-corrected chi connectivity index (χ1v) is 3.34. The van der Waals surface area contributed by atoms with Crippen LogP contribution < -0.4 is 0 Å². The summed E-state index contributed by atoms with van der Waals surface area (Å²) >= 11 is -2.42. The number of rotatable bonds is 0. The van der Waals surface area contributed by atoms with E-state index >= 15 is 0 Å². The fourth-order valence-corrected chi connectivity index (χ4v) is 0. The third-order valence-electron chi connectivity index (χ3n) is 0. The van der Waals surface area contributed by atoms with Crippen molar-refractivity contribution in [1.82, 2.24) is 0 Å². The average Bonchev–Trinajstić information content (AvgIpc) is 0.918. The van der Waals surface area contributed by atoms with Crippen LogP contribution in [0, 0.1) is 0 Å². The normalized spacial score (nSPS) is 2.00. The summed E-state index contributed by atoms with van der Waals surface area (Å²) in [5.41, 5.74) is 0. The van der Waals surface area contributed by atoms with Crippen LogP contribution in [0.4, 0.5) is 0 Å². The van der Waals surface area contributed by atoms with Gasteiger partial charge in [-0.1, -0.05) is 0 Å². The van der Waals surface area contributed by atoms with Gasteiger partial charge in [-0.2, -0.15) is 0 Å². The Morgan fingerprint density at radius 2 is 1.25 bits per heavy atom. The molecule has 0 amide bonds. The van der Waals surface area contributed by atoms with Gasteiger partial charge in [0.2, 0.25) is 0 Å². The minimum absolute atomic E-state index is 0. The van der Waals surface area contributed by atoms with Crippen LogP contribution in [-0.2, 0) is 28.6 Å². The molecular weight excluding hydrogens is 237 g/mol. The molecule has 0 aliphatic carbocycles. The van der Waals surface area contributed by atoms with E-state index in [0.29, 0.717) is 0 Å². The third kappa shape index (κ3) is 12.0. The molecule has 0 aliphatic heterocycles. The summed E-state index contributed by atoms with van der Waals surface area (Å²) in [5, 5.41) is 0. The Morgan fingerprint density at radius 1 is 1.25 bits per heavy atom. The fraction of sp³-hybridized carbons (Fsp3) is 0. The number of hydrogen-bond donors (Lipinski definition) is 0. The van der Waals surface area contributed by atoms with Crippen molar-refractivity contribution in [3.05, 3.63) is 0 Å². The summed E-state index contributed by atoms with van der Waals surface area (Å²) in [6.45, 7) is 0. The molecule has 0 rings (SSSR count). The fourth-order valence-electron chi connectivity index (χ4n) is 0. The Labute approximate surface area is 45.9 Å². The summed E-state index contributed by atoms with van der Waals surface area (Å²) < 4.78 is 17.1. The van der Waals surface area contributed by atoms with Gasteiger partial charge in [-0.15, -0.1) is 0 Å². The molecule has 4 heavy (non-hydrogen) atoms. The SMILES string of the molecule is [Al].[O]=[Hf]=[O]. The first-order valence-electron chi connectivity index (χ1n) is 0.408. The van der Waals surface area contributed by atoms with Gasteiger partial charge in [-0.25, -0.2) is 0 Å². The Kier molecular flexibility index (Phi) is 20.0. The van der Waals surface area contributed by atoms with Gasteiger partial charge >= 0.3 is 28.6 Å². The predicted octanol–water partition coefficient (Wildman–Crippen LogP) is -0.621. The molecule has 0 bridgehead atoms. The molecule has 0 aromatic heterocycles. The van der Waals surface area contributed by atoms with Gasteiger partial charge in [0.05, 0.1) is 0 Å². The van der Waals surface area contributed by atoms with E-state index in [0.717, 1.165) is 0 Å². The number of hydrogen-bond acceptors (Lipinski definition) is 2. The summed E-state index contributed by atoms with van der Waals surface area (Å²) in [6, 6.07) is 0. The molecule has 0 saturated carbocycles. The third-order valence-corrected chi connectivity index (χ3v) is 0.